The Labute approximate surface area is 109 Å². The predicted octanol–water partition coefficient (Wildman–Crippen LogP) is 2.15. The summed E-state index contributed by atoms with van der Waals surface area (Å²) in [6.07, 6.45) is 3.02. The lowest BCUT2D eigenvalue weighted by molar-refractivity contribution is 0.328. The second kappa shape index (κ2) is 4.81. The summed E-state index contributed by atoms with van der Waals surface area (Å²) < 4.78 is 32.2. The van der Waals surface area contributed by atoms with Gasteiger partial charge in [-0.05, 0) is 41.8 Å². The number of rotatable bonds is 5. The number of nitrogens with one attached hydrogen (secondary N) is 1. The zero-order valence-corrected chi connectivity index (χ0v) is 11.7. The van der Waals surface area contributed by atoms with Crippen LogP contribution in [0.3, 0.4) is 0 Å². The van der Waals surface area contributed by atoms with Gasteiger partial charge >= 0.3 is 0 Å². The summed E-state index contributed by atoms with van der Waals surface area (Å²) in [5.74, 6) is 0.305. The zero-order valence-electron chi connectivity index (χ0n) is 9.31. The van der Waals surface area contributed by atoms with Gasteiger partial charge in [-0.15, -0.1) is 0 Å². The number of hydrogen-bond acceptors (Lipinski definition) is 4. The quantitative estimate of drug-likeness (QED) is 0.902. The first kappa shape index (κ1) is 12.6. The summed E-state index contributed by atoms with van der Waals surface area (Å²) in [7, 11) is -3.29. The van der Waals surface area contributed by atoms with Crippen LogP contribution in [-0.2, 0) is 10.0 Å². The number of aromatic nitrogens is 1. The SMILES string of the molecule is CCOc1ncc(Br)cc1NS(=O)(=O)C1CC1. The summed E-state index contributed by atoms with van der Waals surface area (Å²) in [6.45, 7) is 2.26. The smallest absolute Gasteiger partial charge is 0.238 e. The molecule has 1 N–H and O–H groups in total. The third kappa shape index (κ3) is 3.10. The highest BCUT2D eigenvalue weighted by atomic mass is 79.9. The predicted molar refractivity (Wildman–Crippen MR) is 68.7 cm³/mol. The van der Waals surface area contributed by atoms with Gasteiger partial charge in [0.25, 0.3) is 0 Å². The van der Waals surface area contributed by atoms with Crippen LogP contribution in [0.1, 0.15) is 19.8 Å². The molecule has 0 aromatic carbocycles. The molecular formula is C10H13BrN2O3S. The summed E-state index contributed by atoms with van der Waals surface area (Å²) in [4.78, 5) is 4.04. The van der Waals surface area contributed by atoms with Gasteiger partial charge in [-0.1, -0.05) is 0 Å². The van der Waals surface area contributed by atoms with Crippen molar-refractivity contribution in [1.82, 2.24) is 4.98 Å². The van der Waals surface area contributed by atoms with Crippen LogP contribution in [0.2, 0.25) is 0 Å². The number of hydrogen-bond donors (Lipinski definition) is 1. The molecule has 1 aliphatic carbocycles. The fourth-order valence-corrected chi connectivity index (χ4v) is 3.07. The van der Waals surface area contributed by atoms with E-state index >= 15 is 0 Å². The van der Waals surface area contributed by atoms with Crippen molar-refractivity contribution in [3.05, 3.63) is 16.7 Å². The van der Waals surface area contributed by atoms with Gasteiger partial charge in [0.2, 0.25) is 15.9 Å². The van der Waals surface area contributed by atoms with Crippen molar-refractivity contribution >= 4 is 31.6 Å². The molecule has 7 heteroatoms. The van der Waals surface area contributed by atoms with E-state index in [1.807, 2.05) is 6.92 Å². The van der Waals surface area contributed by atoms with E-state index in [1.165, 1.54) is 0 Å². The summed E-state index contributed by atoms with van der Waals surface area (Å²) >= 11 is 3.25. The fourth-order valence-electron chi connectivity index (χ4n) is 1.37. The van der Waals surface area contributed by atoms with E-state index in [2.05, 4.69) is 25.6 Å². The fraction of sp³-hybridized carbons (Fsp3) is 0.500. The topological polar surface area (TPSA) is 68.3 Å². The van der Waals surface area contributed by atoms with Gasteiger partial charge in [-0.25, -0.2) is 13.4 Å². The maximum absolute atomic E-state index is 11.8. The lowest BCUT2D eigenvalue weighted by Crippen LogP contribution is -2.18. The standard InChI is InChI=1S/C10H13BrN2O3S/c1-2-16-10-9(5-7(11)6-12-10)13-17(14,15)8-3-4-8/h5-6,8,13H,2-4H2,1H3. The van der Waals surface area contributed by atoms with Gasteiger partial charge in [0.15, 0.2) is 0 Å². The average molecular weight is 321 g/mol. The summed E-state index contributed by atoms with van der Waals surface area (Å²) in [5.41, 5.74) is 0.383. The maximum atomic E-state index is 11.8. The van der Waals surface area contributed by atoms with Crippen LogP contribution >= 0.6 is 15.9 Å². The molecule has 0 unspecified atom stereocenters. The molecule has 1 aromatic rings. The second-order valence-corrected chi connectivity index (χ2v) is 6.66. The van der Waals surface area contributed by atoms with E-state index in [-0.39, 0.29) is 5.25 Å². The normalized spacial score (nSPS) is 15.6. The van der Waals surface area contributed by atoms with Crippen LogP contribution < -0.4 is 9.46 Å². The molecule has 1 fully saturated rings. The summed E-state index contributed by atoms with van der Waals surface area (Å²) in [5, 5.41) is -0.268. The Morgan fingerprint density at radius 3 is 2.88 bits per heavy atom. The minimum atomic E-state index is -3.29. The van der Waals surface area contributed by atoms with E-state index in [0.29, 0.717) is 22.6 Å². The third-order valence-corrected chi connectivity index (χ3v) is 4.60. The van der Waals surface area contributed by atoms with Crippen LogP contribution in [0.4, 0.5) is 5.69 Å². The van der Waals surface area contributed by atoms with Crippen LogP contribution in [0, 0.1) is 0 Å². The monoisotopic (exact) mass is 320 g/mol. The van der Waals surface area contributed by atoms with Crippen LogP contribution in [-0.4, -0.2) is 25.3 Å². The van der Waals surface area contributed by atoms with Gasteiger partial charge < -0.3 is 4.74 Å². The Hall–Kier alpha value is -0.820. The Balaban J connectivity index is 2.26. The molecule has 0 saturated heterocycles. The van der Waals surface area contributed by atoms with Crippen molar-refractivity contribution in [3.63, 3.8) is 0 Å². The molecule has 5 nitrogen and oxygen atoms in total. The number of halogens is 1. The van der Waals surface area contributed by atoms with Crippen molar-refractivity contribution < 1.29 is 13.2 Å². The average Bonchev–Trinajstić information content (AvgIpc) is 3.05. The first-order valence-corrected chi connectivity index (χ1v) is 7.67. The Morgan fingerprint density at radius 2 is 2.29 bits per heavy atom. The molecule has 94 valence electrons. The van der Waals surface area contributed by atoms with Crippen LogP contribution in [0.15, 0.2) is 16.7 Å². The van der Waals surface area contributed by atoms with Gasteiger partial charge in [0.05, 0.1) is 11.9 Å². The van der Waals surface area contributed by atoms with Crippen LogP contribution in [0.25, 0.3) is 0 Å². The third-order valence-electron chi connectivity index (χ3n) is 2.31. The lowest BCUT2D eigenvalue weighted by Gasteiger charge is -2.11. The van der Waals surface area contributed by atoms with Crippen molar-refractivity contribution in [3.8, 4) is 5.88 Å². The first-order chi connectivity index (χ1) is 8.03. The van der Waals surface area contributed by atoms with E-state index in [0.717, 1.165) is 12.8 Å². The molecule has 0 amide bonds. The molecule has 1 heterocycles. The Kier molecular flexibility index (Phi) is 3.58. The highest BCUT2D eigenvalue weighted by molar-refractivity contribution is 9.10. The Morgan fingerprint density at radius 1 is 1.59 bits per heavy atom. The van der Waals surface area contributed by atoms with Gasteiger partial charge in [-0.2, -0.15) is 0 Å². The van der Waals surface area contributed by atoms with Crippen molar-refractivity contribution in [2.24, 2.45) is 0 Å². The molecule has 0 atom stereocenters. The van der Waals surface area contributed by atoms with Gasteiger partial charge in [-0.3, -0.25) is 4.72 Å². The number of nitrogens with zero attached hydrogens (tertiary/aromatic N) is 1. The number of anilines is 1. The molecule has 1 saturated carbocycles. The lowest BCUT2D eigenvalue weighted by atomic mass is 10.4. The molecule has 1 aromatic heterocycles. The van der Waals surface area contributed by atoms with E-state index < -0.39 is 10.0 Å². The van der Waals surface area contributed by atoms with Crippen LogP contribution in [0.5, 0.6) is 5.88 Å². The first-order valence-electron chi connectivity index (χ1n) is 5.33. The molecule has 1 aliphatic rings. The van der Waals surface area contributed by atoms with Crippen molar-refractivity contribution in [2.45, 2.75) is 25.0 Å². The molecular weight excluding hydrogens is 308 g/mol. The van der Waals surface area contributed by atoms with E-state index in [1.54, 1.807) is 12.3 Å². The zero-order chi connectivity index (χ0) is 12.5. The minimum Gasteiger partial charge on any atom is -0.476 e. The van der Waals surface area contributed by atoms with Gasteiger partial charge in [0, 0.05) is 10.7 Å². The molecule has 17 heavy (non-hydrogen) atoms. The van der Waals surface area contributed by atoms with Gasteiger partial charge in [0.1, 0.15) is 5.69 Å². The molecule has 0 spiro atoms. The molecule has 0 bridgehead atoms. The Bertz CT molecular complexity index is 514. The number of sulfonamides is 1. The van der Waals surface area contributed by atoms with Crippen molar-refractivity contribution in [2.75, 3.05) is 11.3 Å². The molecule has 0 radical (unpaired) electrons. The number of pyridine rings is 1. The highest BCUT2D eigenvalue weighted by Crippen LogP contribution is 2.32. The highest BCUT2D eigenvalue weighted by Gasteiger charge is 2.36. The summed E-state index contributed by atoms with van der Waals surface area (Å²) in [6, 6.07) is 1.65. The van der Waals surface area contributed by atoms with Crippen molar-refractivity contribution in [1.29, 1.82) is 0 Å². The second-order valence-electron chi connectivity index (χ2n) is 3.79. The largest absolute Gasteiger partial charge is 0.476 e. The molecule has 2 rings (SSSR count). The maximum Gasteiger partial charge on any atom is 0.238 e. The van der Waals surface area contributed by atoms with E-state index in [4.69, 9.17) is 4.74 Å². The number of ether oxygens (including phenoxy) is 1. The minimum absolute atomic E-state index is 0.268. The molecule has 0 aliphatic heterocycles. The van der Waals surface area contributed by atoms with E-state index in [9.17, 15) is 8.42 Å².